The fourth-order valence-corrected chi connectivity index (χ4v) is 1.88. The minimum absolute atomic E-state index is 0.0312. The third-order valence-corrected chi connectivity index (χ3v) is 3.27. The van der Waals surface area contributed by atoms with Gasteiger partial charge in [0.05, 0.1) is 11.0 Å². The van der Waals surface area contributed by atoms with Gasteiger partial charge in [-0.15, -0.1) is 0 Å². The van der Waals surface area contributed by atoms with E-state index in [0.29, 0.717) is 5.75 Å². The molecular formula is C12H15N3O4. The number of primary amides is 1. The van der Waals surface area contributed by atoms with Crippen LogP contribution >= 0.6 is 0 Å². The van der Waals surface area contributed by atoms with Crippen LogP contribution in [0.1, 0.15) is 12.8 Å². The van der Waals surface area contributed by atoms with Crippen molar-refractivity contribution in [2.24, 2.45) is 17.4 Å². The zero-order chi connectivity index (χ0) is 14.0. The number of amides is 1. The van der Waals surface area contributed by atoms with Gasteiger partial charge in [-0.2, -0.15) is 0 Å². The Morgan fingerprint density at radius 1 is 1.53 bits per heavy atom. The molecule has 4 N–H and O–H groups in total. The van der Waals surface area contributed by atoms with Crippen molar-refractivity contribution in [3.05, 3.63) is 34.4 Å². The van der Waals surface area contributed by atoms with Gasteiger partial charge < -0.3 is 16.2 Å². The summed E-state index contributed by atoms with van der Waals surface area (Å²) in [6, 6.07) is 5.72. The second kappa shape index (κ2) is 4.85. The summed E-state index contributed by atoms with van der Waals surface area (Å²) < 4.78 is 5.39. The second-order valence-corrected chi connectivity index (χ2v) is 4.72. The molecule has 1 fully saturated rings. The van der Waals surface area contributed by atoms with E-state index < -0.39 is 16.4 Å². The molecule has 1 unspecified atom stereocenters. The summed E-state index contributed by atoms with van der Waals surface area (Å²) in [5, 5.41) is 10.6. The molecule has 1 atom stereocenters. The molecule has 0 aliphatic heterocycles. The van der Waals surface area contributed by atoms with Crippen molar-refractivity contribution in [1.82, 2.24) is 0 Å². The van der Waals surface area contributed by atoms with Crippen molar-refractivity contribution in [3.8, 4) is 5.75 Å². The SMILES string of the molecule is NC(=O)C(N)(COc1cccc([N+](=O)[O-])c1)C1CC1. The minimum atomic E-state index is -1.20. The van der Waals surface area contributed by atoms with Crippen LogP contribution in [0.5, 0.6) is 5.75 Å². The van der Waals surface area contributed by atoms with Crippen molar-refractivity contribution < 1.29 is 14.5 Å². The first kappa shape index (κ1) is 13.3. The van der Waals surface area contributed by atoms with E-state index in [2.05, 4.69) is 0 Å². The van der Waals surface area contributed by atoms with E-state index in [1.54, 1.807) is 6.07 Å². The summed E-state index contributed by atoms with van der Waals surface area (Å²) in [7, 11) is 0. The molecule has 0 heterocycles. The molecule has 2 rings (SSSR count). The molecule has 1 aliphatic carbocycles. The molecule has 1 amide bonds. The Balaban J connectivity index is 2.07. The first-order valence-electron chi connectivity index (χ1n) is 5.89. The quantitative estimate of drug-likeness (QED) is 0.575. The van der Waals surface area contributed by atoms with Crippen LogP contribution in [0.3, 0.4) is 0 Å². The molecule has 1 aromatic carbocycles. The van der Waals surface area contributed by atoms with Crippen molar-refractivity contribution in [2.75, 3.05) is 6.61 Å². The minimum Gasteiger partial charge on any atom is -0.491 e. The molecule has 1 aromatic rings. The highest BCUT2D eigenvalue weighted by molar-refractivity contribution is 5.85. The standard InChI is InChI=1S/C12H15N3O4/c13-11(16)12(14,8-4-5-8)7-19-10-3-1-2-9(6-10)15(17)18/h1-3,6,8H,4-5,7,14H2,(H2,13,16). The smallest absolute Gasteiger partial charge is 0.273 e. The van der Waals surface area contributed by atoms with Crippen molar-refractivity contribution in [1.29, 1.82) is 0 Å². The maximum absolute atomic E-state index is 11.4. The molecule has 7 heteroatoms. The number of hydrogen-bond acceptors (Lipinski definition) is 5. The Kier molecular flexibility index (Phi) is 3.39. The molecule has 19 heavy (non-hydrogen) atoms. The molecule has 0 bridgehead atoms. The Bertz CT molecular complexity index is 515. The molecule has 0 aromatic heterocycles. The normalized spacial score (nSPS) is 17.5. The fraction of sp³-hybridized carbons (Fsp3) is 0.417. The highest BCUT2D eigenvalue weighted by Gasteiger charge is 2.47. The molecule has 0 radical (unpaired) electrons. The number of non-ortho nitro benzene ring substituents is 1. The lowest BCUT2D eigenvalue weighted by Gasteiger charge is -2.25. The highest BCUT2D eigenvalue weighted by atomic mass is 16.6. The van der Waals surface area contributed by atoms with Crippen LogP contribution in [-0.2, 0) is 4.79 Å². The van der Waals surface area contributed by atoms with E-state index in [0.717, 1.165) is 12.8 Å². The van der Waals surface area contributed by atoms with Gasteiger partial charge in [0.1, 0.15) is 17.9 Å². The molecular weight excluding hydrogens is 250 g/mol. The van der Waals surface area contributed by atoms with Gasteiger partial charge in [0.15, 0.2) is 0 Å². The number of carbonyl (C=O) groups is 1. The first-order chi connectivity index (χ1) is 8.93. The summed E-state index contributed by atoms with van der Waals surface area (Å²) in [4.78, 5) is 21.5. The maximum Gasteiger partial charge on any atom is 0.273 e. The third-order valence-electron chi connectivity index (χ3n) is 3.27. The van der Waals surface area contributed by atoms with Crippen molar-refractivity contribution in [2.45, 2.75) is 18.4 Å². The number of benzene rings is 1. The van der Waals surface area contributed by atoms with Crippen LogP contribution < -0.4 is 16.2 Å². The molecule has 1 saturated carbocycles. The van der Waals surface area contributed by atoms with Crippen LogP contribution in [0.15, 0.2) is 24.3 Å². The van der Waals surface area contributed by atoms with E-state index in [4.69, 9.17) is 16.2 Å². The van der Waals surface area contributed by atoms with E-state index in [1.165, 1.54) is 18.2 Å². The number of ether oxygens (including phenoxy) is 1. The predicted molar refractivity (Wildman–Crippen MR) is 67.4 cm³/mol. The summed E-state index contributed by atoms with van der Waals surface area (Å²) >= 11 is 0. The van der Waals surface area contributed by atoms with Gasteiger partial charge in [-0.25, -0.2) is 0 Å². The van der Waals surface area contributed by atoms with E-state index >= 15 is 0 Å². The van der Waals surface area contributed by atoms with Gasteiger partial charge in [-0.1, -0.05) is 6.07 Å². The van der Waals surface area contributed by atoms with Crippen molar-refractivity contribution in [3.63, 3.8) is 0 Å². The monoisotopic (exact) mass is 265 g/mol. The van der Waals surface area contributed by atoms with E-state index in [9.17, 15) is 14.9 Å². The predicted octanol–water partition coefficient (Wildman–Crippen LogP) is 0.566. The number of nitro groups is 1. The van der Waals surface area contributed by atoms with Gasteiger partial charge in [0.2, 0.25) is 5.91 Å². The lowest BCUT2D eigenvalue weighted by molar-refractivity contribution is -0.384. The van der Waals surface area contributed by atoms with Crippen LogP contribution in [0, 0.1) is 16.0 Å². The summed E-state index contributed by atoms with van der Waals surface area (Å²) in [5.41, 5.74) is 9.98. The number of nitrogens with zero attached hydrogens (tertiary/aromatic N) is 1. The van der Waals surface area contributed by atoms with Crippen LogP contribution in [0.25, 0.3) is 0 Å². The average Bonchev–Trinajstić information content (AvgIpc) is 3.20. The zero-order valence-corrected chi connectivity index (χ0v) is 10.2. The molecule has 7 nitrogen and oxygen atoms in total. The zero-order valence-electron chi connectivity index (χ0n) is 10.2. The van der Waals surface area contributed by atoms with Crippen LogP contribution in [0.4, 0.5) is 5.69 Å². The highest BCUT2D eigenvalue weighted by Crippen LogP contribution is 2.38. The number of hydrogen-bond donors (Lipinski definition) is 2. The van der Waals surface area contributed by atoms with Gasteiger partial charge >= 0.3 is 0 Å². The lowest BCUT2D eigenvalue weighted by Crippen LogP contribution is -2.58. The van der Waals surface area contributed by atoms with Crippen molar-refractivity contribution >= 4 is 11.6 Å². The fourth-order valence-electron chi connectivity index (χ4n) is 1.88. The number of carbonyl (C=O) groups excluding carboxylic acids is 1. The summed E-state index contributed by atoms with van der Waals surface area (Å²) in [6.45, 7) is -0.0752. The molecule has 1 aliphatic rings. The number of rotatable bonds is 6. The molecule has 102 valence electrons. The average molecular weight is 265 g/mol. The number of nitro benzene ring substituents is 1. The Morgan fingerprint density at radius 3 is 2.74 bits per heavy atom. The summed E-state index contributed by atoms with van der Waals surface area (Å²) in [5.74, 6) is -0.282. The first-order valence-corrected chi connectivity index (χ1v) is 5.89. The van der Waals surface area contributed by atoms with Gasteiger partial charge in [-0.05, 0) is 24.8 Å². The summed E-state index contributed by atoms with van der Waals surface area (Å²) in [6.07, 6.45) is 1.69. The second-order valence-electron chi connectivity index (χ2n) is 4.72. The van der Waals surface area contributed by atoms with E-state index in [1.807, 2.05) is 0 Å². The van der Waals surface area contributed by atoms with Crippen LogP contribution in [0.2, 0.25) is 0 Å². The topological polar surface area (TPSA) is 121 Å². The maximum atomic E-state index is 11.4. The largest absolute Gasteiger partial charge is 0.491 e. The van der Waals surface area contributed by atoms with Gasteiger partial charge in [0, 0.05) is 6.07 Å². The van der Waals surface area contributed by atoms with E-state index in [-0.39, 0.29) is 18.2 Å². The molecule has 0 saturated heterocycles. The Hall–Kier alpha value is -2.15. The third kappa shape index (κ3) is 2.82. The number of nitrogens with two attached hydrogens (primary N) is 2. The lowest BCUT2D eigenvalue weighted by atomic mass is 9.95. The van der Waals surface area contributed by atoms with Gasteiger partial charge in [-0.3, -0.25) is 14.9 Å². The Labute approximate surface area is 109 Å². The molecule has 0 spiro atoms. The van der Waals surface area contributed by atoms with Gasteiger partial charge in [0.25, 0.3) is 5.69 Å². The van der Waals surface area contributed by atoms with Crippen LogP contribution in [-0.4, -0.2) is 23.0 Å². The Morgan fingerprint density at radius 2 is 2.21 bits per heavy atom.